The number of aromatic nitrogens is 1. The Morgan fingerprint density at radius 1 is 1.06 bits per heavy atom. The lowest BCUT2D eigenvalue weighted by Gasteiger charge is -2.20. The molecule has 0 saturated carbocycles. The van der Waals surface area contributed by atoms with Crippen LogP contribution in [0.2, 0.25) is 0 Å². The summed E-state index contributed by atoms with van der Waals surface area (Å²) in [7, 11) is 2.11. The van der Waals surface area contributed by atoms with Crippen LogP contribution in [0.3, 0.4) is 0 Å². The summed E-state index contributed by atoms with van der Waals surface area (Å²) in [6, 6.07) is 5.61. The van der Waals surface area contributed by atoms with E-state index in [1.807, 2.05) is 0 Å². The first-order valence-electron chi connectivity index (χ1n) is 10.4. The van der Waals surface area contributed by atoms with Crippen molar-refractivity contribution in [3.8, 4) is 11.5 Å². The Hall–Kier alpha value is -3.05. The quantitative estimate of drug-likeness (QED) is 0.489. The minimum atomic E-state index is -3.73. The highest BCUT2D eigenvalue weighted by Gasteiger charge is 2.27. The van der Waals surface area contributed by atoms with Gasteiger partial charge in [0, 0.05) is 26.3 Å². The number of ether oxygens (including phenoxy) is 3. The van der Waals surface area contributed by atoms with E-state index >= 15 is 0 Å². The van der Waals surface area contributed by atoms with E-state index in [-0.39, 0.29) is 17.0 Å². The van der Waals surface area contributed by atoms with Crippen LogP contribution in [0, 0.1) is 0 Å². The molecule has 10 nitrogen and oxygen atoms in total. The summed E-state index contributed by atoms with van der Waals surface area (Å²) >= 11 is 0. The summed E-state index contributed by atoms with van der Waals surface area (Å²) in [5, 5.41) is 2.80. The minimum Gasteiger partial charge on any atom is -0.493 e. The van der Waals surface area contributed by atoms with Gasteiger partial charge in [0.2, 0.25) is 10.0 Å². The first-order chi connectivity index (χ1) is 15.6. The van der Waals surface area contributed by atoms with E-state index in [4.69, 9.17) is 14.2 Å². The van der Waals surface area contributed by atoms with Crippen molar-refractivity contribution < 1.29 is 32.2 Å². The standard InChI is InChI=1S/C22H31N3O7S/c1-7-25(8-2)33(28,29)16-12-18(24(3)14-16)22(27)23-17(13-21(26)32-6)15-9-10-19(30-4)20(11-15)31-5/h9-12,14,17H,7-8,13H2,1-6H3,(H,23,27). The third-order valence-corrected chi connectivity index (χ3v) is 7.28. The Morgan fingerprint density at radius 2 is 1.70 bits per heavy atom. The maximum absolute atomic E-state index is 13.1. The normalized spacial score (nSPS) is 12.3. The zero-order valence-electron chi connectivity index (χ0n) is 19.7. The fraction of sp³-hybridized carbons (Fsp3) is 0.455. The van der Waals surface area contributed by atoms with E-state index in [2.05, 4.69) is 5.32 Å². The monoisotopic (exact) mass is 481 g/mol. The number of sulfonamides is 1. The SMILES string of the molecule is CCN(CC)S(=O)(=O)c1cc(C(=O)NC(CC(=O)OC)c2ccc(OC)c(OC)c2)n(C)c1. The van der Waals surface area contributed by atoms with Gasteiger partial charge in [-0.1, -0.05) is 19.9 Å². The predicted molar refractivity (Wildman–Crippen MR) is 122 cm³/mol. The smallest absolute Gasteiger partial charge is 0.307 e. The lowest BCUT2D eigenvalue weighted by Crippen LogP contribution is -2.31. The second-order valence-electron chi connectivity index (χ2n) is 7.18. The van der Waals surface area contributed by atoms with Crippen LogP contribution in [0.25, 0.3) is 0 Å². The molecule has 1 aromatic carbocycles. The van der Waals surface area contributed by atoms with Gasteiger partial charge in [0.1, 0.15) is 10.6 Å². The topological polar surface area (TPSA) is 116 Å². The molecular formula is C22H31N3O7S. The third kappa shape index (κ3) is 5.85. The van der Waals surface area contributed by atoms with Crippen LogP contribution in [0.15, 0.2) is 35.4 Å². The number of amides is 1. The van der Waals surface area contributed by atoms with Crippen LogP contribution < -0.4 is 14.8 Å². The maximum atomic E-state index is 13.1. The number of nitrogens with zero attached hydrogens (tertiary/aromatic N) is 2. The second-order valence-corrected chi connectivity index (χ2v) is 9.12. The third-order valence-electron chi connectivity index (χ3n) is 5.27. The number of hydrogen-bond acceptors (Lipinski definition) is 7. The molecule has 0 spiro atoms. The molecule has 182 valence electrons. The number of aryl methyl sites for hydroxylation is 1. The van der Waals surface area contributed by atoms with Gasteiger partial charge in [0.25, 0.3) is 5.91 Å². The number of esters is 1. The average molecular weight is 482 g/mol. The lowest BCUT2D eigenvalue weighted by molar-refractivity contribution is -0.141. The molecule has 1 aromatic heterocycles. The van der Waals surface area contributed by atoms with E-state index in [9.17, 15) is 18.0 Å². The molecule has 0 bridgehead atoms. The zero-order chi connectivity index (χ0) is 24.8. The van der Waals surface area contributed by atoms with Gasteiger partial charge in [0.05, 0.1) is 33.8 Å². The number of benzene rings is 1. The Kier molecular flexibility index (Phi) is 8.89. The fourth-order valence-corrected chi connectivity index (χ4v) is 4.95. The van der Waals surface area contributed by atoms with E-state index in [0.717, 1.165) is 0 Å². The van der Waals surface area contributed by atoms with Crippen LogP contribution in [0.4, 0.5) is 0 Å². The highest BCUT2D eigenvalue weighted by molar-refractivity contribution is 7.89. The van der Waals surface area contributed by atoms with Gasteiger partial charge in [-0.05, 0) is 23.8 Å². The van der Waals surface area contributed by atoms with Gasteiger partial charge in [0.15, 0.2) is 11.5 Å². The van der Waals surface area contributed by atoms with Crippen molar-refractivity contribution in [2.24, 2.45) is 7.05 Å². The molecule has 0 aliphatic carbocycles. The van der Waals surface area contributed by atoms with E-state index in [1.165, 1.54) is 42.5 Å². The minimum absolute atomic E-state index is 0.0227. The summed E-state index contributed by atoms with van der Waals surface area (Å²) in [6.07, 6.45) is 1.26. The first-order valence-corrected chi connectivity index (χ1v) is 11.8. The van der Waals surface area contributed by atoms with Crippen molar-refractivity contribution in [2.75, 3.05) is 34.4 Å². The predicted octanol–water partition coefficient (Wildman–Crippen LogP) is 2.11. The molecule has 0 aliphatic heterocycles. The molecule has 0 radical (unpaired) electrons. The number of carbonyl (C=O) groups is 2. The number of hydrogen-bond donors (Lipinski definition) is 1. The van der Waals surface area contributed by atoms with Crippen molar-refractivity contribution in [3.63, 3.8) is 0 Å². The number of rotatable bonds is 11. The van der Waals surface area contributed by atoms with E-state index in [0.29, 0.717) is 30.2 Å². The average Bonchev–Trinajstić information content (AvgIpc) is 3.21. The largest absolute Gasteiger partial charge is 0.493 e. The van der Waals surface area contributed by atoms with Crippen LogP contribution in [0.5, 0.6) is 11.5 Å². The molecule has 1 heterocycles. The molecule has 33 heavy (non-hydrogen) atoms. The number of nitrogens with one attached hydrogen (secondary N) is 1. The lowest BCUT2D eigenvalue weighted by atomic mass is 10.0. The zero-order valence-corrected chi connectivity index (χ0v) is 20.6. The van der Waals surface area contributed by atoms with Crippen molar-refractivity contribution >= 4 is 21.9 Å². The van der Waals surface area contributed by atoms with Gasteiger partial charge in [-0.2, -0.15) is 4.31 Å². The van der Waals surface area contributed by atoms with Crippen LogP contribution in [-0.2, 0) is 26.6 Å². The van der Waals surface area contributed by atoms with Crippen LogP contribution in [-0.4, -0.2) is 63.6 Å². The summed E-state index contributed by atoms with van der Waals surface area (Å²) in [4.78, 5) is 25.1. The number of carbonyl (C=O) groups excluding carboxylic acids is 2. The van der Waals surface area contributed by atoms with Gasteiger partial charge >= 0.3 is 5.97 Å². The van der Waals surface area contributed by atoms with Crippen molar-refractivity contribution in [3.05, 3.63) is 41.7 Å². The molecular weight excluding hydrogens is 450 g/mol. The Bertz CT molecular complexity index is 1090. The maximum Gasteiger partial charge on any atom is 0.307 e. The molecule has 0 saturated heterocycles. The van der Waals surface area contributed by atoms with E-state index < -0.39 is 27.9 Å². The summed E-state index contributed by atoms with van der Waals surface area (Å²) in [6.45, 7) is 4.13. The molecule has 0 fully saturated rings. The van der Waals surface area contributed by atoms with Gasteiger partial charge in [-0.15, -0.1) is 0 Å². The van der Waals surface area contributed by atoms with Crippen molar-refractivity contribution in [1.29, 1.82) is 0 Å². The molecule has 1 unspecified atom stereocenters. The Labute approximate surface area is 194 Å². The molecule has 1 N–H and O–H groups in total. The van der Waals surface area contributed by atoms with Crippen molar-refractivity contribution in [2.45, 2.75) is 31.2 Å². The Balaban J connectivity index is 2.39. The van der Waals surface area contributed by atoms with E-state index in [1.54, 1.807) is 39.1 Å². The molecule has 11 heteroatoms. The highest BCUT2D eigenvalue weighted by atomic mass is 32.2. The first kappa shape index (κ1) is 26.2. The van der Waals surface area contributed by atoms with Crippen molar-refractivity contribution in [1.82, 2.24) is 14.2 Å². The van der Waals surface area contributed by atoms with Crippen LogP contribution >= 0.6 is 0 Å². The van der Waals surface area contributed by atoms with Crippen LogP contribution in [0.1, 0.15) is 42.4 Å². The number of methoxy groups -OCH3 is 3. The van der Waals surface area contributed by atoms with Gasteiger partial charge in [-0.3, -0.25) is 9.59 Å². The summed E-state index contributed by atoms with van der Waals surface area (Å²) in [5.74, 6) is -0.127. The molecule has 2 aromatic rings. The molecule has 1 amide bonds. The fourth-order valence-electron chi connectivity index (χ4n) is 3.42. The van der Waals surface area contributed by atoms with Gasteiger partial charge < -0.3 is 24.1 Å². The molecule has 2 rings (SSSR count). The molecule has 1 atom stereocenters. The molecule has 0 aliphatic rings. The second kappa shape index (κ2) is 11.2. The summed E-state index contributed by atoms with van der Waals surface area (Å²) < 4.78 is 43.8. The highest BCUT2D eigenvalue weighted by Crippen LogP contribution is 2.31. The summed E-state index contributed by atoms with van der Waals surface area (Å²) in [5.41, 5.74) is 0.729. The van der Waals surface area contributed by atoms with Gasteiger partial charge in [-0.25, -0.2) is 8.42 Å². The Morgan fingerprint density at radius 3 is 2.24 bits per heavy atom.